The molecule has 28 heavy (non-hydrogen) atoms. The van der Waals surface area contributed by atoms with E-state index in [1.165, 1.54) is 0 Å². The Morgan fingerprint density at radius 1 is 0.964 bits per heavy atom. The van der Waals surface area contributed by atoms with Gasteiger partial charge in [-0.05, 0) is 55.0 Å². The van der Waals surface area contributed by atoms with Gasteiger partial charge in [-0.15, -0.1) is 0 Å². The maximum Gasteiger partial charge on any atom is 0.203 e. The SMILES string of the molecule is COc1cc(C(=O)C2CCCCC2c2ccc(C)c(N)c2)cc(OC)c1OC. The zero-order valence-corrected chi connectivity index (χ0v) is 17.1. The van der Waals surface area contributed by atoms with Crippen LogP contribution in [0.4, 0.5) is 5.69 Å². The number of ketones is 1. The molecule has 1 aliphatic rings. The van der Waals surface area contributed by atoms with Crippen LogP contribution in [0.1, 0.15) is 53.1 Å². The minimum Gasteiger partial charge on any atom is -0.493 e. The van der Waals surface area contributed by atoms with Gasteiger partial charge in [0.15, 0.2) is 17.3 Å². The fourth-order valence-electron chi connectivity index (χ4n) is 4.17. The first-order chi connectivity index (χ1) is 13.5. The molecule has 0 heterocycles. The van der Waals surface area contributed by atoms with Crippen molar-refractivity contribution in [3.8, 4) is 17.2 Å². The molecule has 5 nitrogen and oxygen atoms in total. The Kier molecular flexibility index (Phi) is 6.12. The molecule has 0 bridgehead atoms. The molecule has 1 saturated carbocycles. The van der Waals surface area contributed by atoms with Crippen LogP contribution in [0.25, 0.3) is 0 Å². The number of hydrogen-bond donors (Lipinski definition) is 1. The maximum atomic E-state index is 13.5. The van der Waals surface area contributed by atoms with Crippen LogP contribution in [-0.2, 0) is 0 Å². The molecule has 150 valence electrons. The Bertz CT molecular complexity index is 837. The van der Waals surface area contributed by atoms with E-state index >= 15 is 0 Å². The molecule has 2 unspecified atom stereocenters. The lowest BCUT2D eigenvalue weighted by Crippen LogP contribution is -2.26. The summed E-state index contributed by atoms with van der Waals surface area (Å²) in [7, 11) is 4.68. The molecule has 0 amide bonds. The van der Waals surface area contributed by atoms with Crippen molar-refractivity contribution in [2.45, 2.75) is 38.5 Å². The van der Waals surface area contributed by atoms with Crippen molar-refractivity contribution >= 4 is 11.5 Å². The van der Waals surface area contributed by atoms with Gasteiger partial charge in [0.2, 0.25) is 5.75 Å². The van der Waals surface area contributed by atoms with Crippen molar-refractivity contribution in [2.24, 2.45) is 5.92 Å². The molecule has 2 N–H and O–H groups in total. The van der Waals surface area contributed by atoms with Gasteiger partial charge in [0.25, 0.3) is 0 Å². The first-order valence-corrected chi connectivity index (χ1v) is 9.70. The summed E-state index contributed by atoms with van der Waals surface area (Å²) in [5.41, 5.74) is 9.71. The highest BCUT2D eigenvalue weighted by molar-refractivity contribution is 5.99. The normalized spacial score (nSPS) is 19.1. The predicted molar refractivity (Wildman–Crippen MR) is 111 cm³/mol. The van der Waals surface area contributed by atoms with Crippen LogP contribution in [0.2, 0.25) is 0 Å². The highest BCUT2D eigenvalue weighted by atomic mass is 16.5. The Morgan fingerprint density at radius 2 is 1.61 bits per heavy atom. The summed E-state index contributed by atoms with van der Waals surface area (Å²) in [6, 6.07) is 9.68. The number of Topliss-reactive ketones (excluding diaryl/α,β-unsaturated/α-hetero) is 1. The van der Waals surface area contributed by atoms with Crippen molar-refractivity contribution in [1.29, 1.82) is 0 Å². The van der Waals surface area contributed by atoms with E-state index in [1.54, 1.807) is 33.5 Å². The van der Waals surface area contributed by atoms with Gasteiger partial charge in [0.1, 0.15) is 0 Å². The van der Waals surface area contributed by atoms with Gasteiger partial charge in [0.05, 0.1) is 21.3 Å². The lowest BCUT2D eigenvalue weighted by molar-refractivity contribution is 0.0867. The number of aryl methyl sites for hydroxylation is 1. The summed E-state index contributed by atoms with van der Waals surface area (Å²) in [5.74, 6) is 1.69. The van der Waals surface area contributed by atoms with Gasteiger partial charge in [-0.2, -0.15) is 0 Å². The van der Waals surface area contributed by atoms with Crippen LogP contribution >= 0.6 is 0 Å². The summed E-state index contributed by atoms with van der Waals surface area (Å²) in [6.45, 7) is 2.00. The Morgan fingerprint density at radius 3 is 2.18 bits per heavy atom. The predicted octanol–water partition coefficient (Wildman–Crippen LogP) is 4.76. The fourth-order valence-corrected chi connectivity index (χ4v) is 4.17. The molecule has 2 atom stereocenters. The zero-order chi connectivity index (χ0) is 20.3. The second kappa shape index (κ2) is 8.55. The second-order valence-corrected chi connectivity index (χ2v) is 7.39. The number of ether oxygens (including phenoxy) is 3. The number of methoxy groups -OCH3 is 3. The van der Waals surface area contributed by atoms with Crippen LogP contribution in [0, 0.1) is 12.8 Å². The van der Waals surface area contributed by atoms with Crippen LogP contribution in [0.5, 0.6) is 17.2 Å². The van der Waals surface area contributed by atoms with E-state index in [4.69, 9.17) is 19.9 Å². The van der Waals surface area contributed by atoms with E-state index in [1.807, 2.05) is 19.1 Å². The van der Waals surface area contributed by atoms with E-state index in [-0.39, 0.29) is 17.6 Å². The number of rotatable bonds is 6. The standard InChI is InChI=1S/C23H29NO4/c1-14-9-10-15(11-19(14)24)17-7-5-6-8-18(17)22(25)16-12-20(26-2)23(28-4)21(13-16)27-3/h9-13,17-18H,5-8,24H2,1-4H3. The molecule has 5 heteroatoms. The molecule has 1 aliphatic carbocycles. The first kappa shape index (κ1) is 20.1. The average Bonchev–Trinajstić information content (AvgIpc) is 2.74. The van der Waals surface area contributed by atoms with E-state index in [2.05, 4.69) is 6.07 Å². The summed E-state index contributed by atoms with van der Waals surface area (Å²) in [5, 5.41) is 0. The first-order valence-electron chi connectivity index (χ1n) is 9.70. The van der Waals surface area contributed by atoms with E-state index in [0.29, 0.717) is 22.8 Å². The molecule has 3 rings (SSSR count). The molecule has 0 aromatic heterocycles. The lowest BCUT2D eigenvalue weighted by atomic mass is 9.72. The lowest BCUT2D eigenvalue weighted by Gasteiger charge is -2.31. The van der Waals surface area contributed by atoms with Gasteiger partial charge in [-0.3, -0.25) is 4.79 Å². The van der Waals surface area contributed by atoms with Crippen molar-refractivity contribution in [3.05, 3.63) is 47.0 Å². The molecule has 2 aromatic rings. The summed E-state index contributed by atoms with van der Waals surface area (Å²) in [4.78, 5) is 13.5. The van der Waals surface area contributed by atoms with Gasteiger partial charge in [0, 0.05) is 17.2 Å². The summed E-state index contributed by atoms with van der Waals surface area (Å²) >= 11 is 0. The van der Waals surface area contributed by atoms with Gasteiger partial charge < -0.3 is 19.9 Å². The highest BCUT2D eigenvalue weighted by Gasteiger charge is 2.33. The van der Waals surface area contributed by atoms with Crippen LogP contribution < -0.4 is 19.9 Å². The van der Waals surface area contributed by atoms with Gasteiger partial charge in [-0.25, -0.2) is 0 Å². The quantitative estimate of drug-likeness (QED) is 0.575. The topological polar surface area (TPSA) is 70.8 Å². The van der Waals surface area contributed by atoms with Crippen molar-refractivity contribution < 1.29 is 19.0 Å². The molecule has 0 saturated heterocycles. The third kappa shape index (κ3) is 3.79. The minimum atomic E-state index is -0.0846. The van der Waals surface area contributed by atoms with Crippen LogP contribution in [0.15, 0.2) is 30.3 Å². The molecule has 0 spiro atoms. The third-order valence-corrected chi connectivity index (χ3v) is 5.78. The number of hydrogen-bond acceptors (Lipinski definition) is 5. The summed E-state index contributed by atoms with van der Waals surface area (Å²) in [6.07, 6.45) is 4.04. The van der Waals surface area contributed by atoms with E-state index < -0.39 is 0 Å². The number of carbonyl (C=O) groups is 1. The van der Waals surface area contributed by atoms with E-state index in [0.717, 1.165) is 42.5 Å². The van der Waals surface area contributed by atoms with Crippen LogP contribution in [-0.4, -0.2) is 27.1 Å². The van der Waals surface area contributed by atoms with Crippen molar-refractivity contribution in [3.63, 3.8) is 0 Å². The highest BCUT2D eigenvalue weighted by Crippen LogP contribution is 2.43. The van der Waals surface area contributed by atoms with Crippen molar-refractivity contribution in [2.75, 3.05) is 27.1 Å². The monoisotopic (exact) mass is 383 g/mol. The average molecular weight is 383 g/mol. The second-order valence-electron chi connectivity index (χ2n) is 7.39. The smallest absolute Gasteiger partial charge is 0.203 e. The summed E-state index contributed by atoms with van der Waals surface area (Å²) < 4.78 is 16.2. The number of carbonyl (C=O) groups excluding carboxylic acids is 1. The number of benzene rings is 2. The Balaban J connectivity index is 1.98. The third-order valence-electron chi connectivity index (χ3n) is 5.78. The minimum absolute atomic E-state index is 0.0846. The zero-order valence-electron chi connectivity index (χ0n) is 17.1. The molecule has 2 aromatic carbocycles. The molecular weight excluding hydrogens is 354 g/mol. The fraction of sp³-hybridized carbons (Fsp3) is 0.435. The van der Waals surface area contributed by atoms with Gasteiger partial charge in [-0.1, -0.05) is 25.0 Å². The number of nitrogens with two attached hydrogens (primary N) is 1. The Labute approximate surface area is 166 Å². The molecular formula is C23H29NO4. The largest absolute Gasteiger partial charge is 0.493 e. The van der Waals surface area contributed by atoms with Gasteiger partial charge >= 0.3 is 0 Å². The number of anilines is 1. The molecule has 0 aliphatic heterocycles. The molecule has 0 radical (unpaired) electrons. The van der Waals surface area contributed by atoms with Crippen LogP contribution in [0.3, 0.4) is 0 Å². The maximum absolute atomic E-state index is 13.5. The number of nitrogen functional groups attached to an aromatic ring is 1. The van der Waals surface area contributed by atoms with E-state index in [9.17, 15) is 4.79 Å². The molecule has 1 fully saturated rings. The Hall–Kier alpha value is -2.69. The van der Waals surface area contributed by atoms with Crippen molar-refractivity contribution in [1.82, 2.24) is 0 Å².